The van der Waals surface area contributed by atoms with Gasteiger partial charge in [-0.3, -0.25) is 9.59 Å². The first-order valence-corrected chi connectivity index (χ1v) is 12.6. The van der Waals surface area contributed by atoms with Gasteiger partial charge in [-0.1, -0.05) is 53.5 Å². The number of alkyl halides is 3. The lowest BCUT2D eigenvalue weighted by molar-refractivity contribution is -0.138. The van der Waals surface area contributed by atoms with Crippen molar-refractivity contribution < 1.29 is 27.9 Å². The molecular weight excluding hydrogens is 554 g/mol. The second-order valence-electron chi connectivity index (χ2n) is 9.07. The maximum Gasteiger partial charge on any atom is 0.416 e. The highest BCUT2D eigenvalue weighted by atomic mass is 35.5. The Kier molecular flexibility index (Phi) is 7.13. The number of aromatic nitrogens is 2. The van der Waals surface area contributed by atoms with Crippen LogP contribution in [0, 0.1) is 0 Å². The Bertz CT molecular complexity index is 1580. The average Bonchev–Trinajstić information content (AvgIpc) is 3.25. The number of halogens is 5. The van der Waals surface area contributed by atoms with E-state index in [1.54, 1.807) is 48.5 Å². The normalized spacial score (nSPS) is 13.3. The Balaban J connectivity index is 1.61. The molecule has 0 radical (unpaired) electrons. The summed E-state index contributed by atoms with van der Waals surface area (Å²) in [5, 5.41) is 15.1. The van der Waals surface area contributed by atoms with Crippen LogP contribution in [0.25, 0.3) is 16.9 Å². The molecule has 1 N–H and O–H groups in total. The van der Waals surface area contributed by atoms with Crippen molar-refractivity contribution in [1.82, 2.24) is 14.7 Å². The fourth-order valence-corrected chi connectivity index (χ4v) is 5.04. The van der Waals surface area contributed by atoms with Crippen molar-refractivity contribution >= 4 is 35.1 Å². The van der Waals surface area contributed by atoms with Crippen LogP contribution in [-0.4, -0.2) is 38.2 Å². The number of nitrogens with zero attached hydrogens (tertiary/aromatic N) is 3. The summed E-state index contributed by atoms with van der Waals surface area (Å²) < 4.78 is 40.9. The van der Waals surface area contributed by atoms with Gasteiger partial charge in [0.2, 0.25) is 0 Å². The number of hydrogen-bond acceptors (Lipinski definition) is 3. The van der Waals surface area contributed by atoms with Gasteiger partial charge in [0.1, 0.15) is 0 Å². The quantitative estimate of drug-likeness (QED) is 0.288. The number of carboxylic acids is 1. The van der Waals surface area contributed by atoms with E-state index in [-0.39, 0.29) is 30.8 Å². The third-order valence-corrected chi connectivity index (χ3v) is 7.12. The van der Waals surface area contributed by atoms with Crippen LogP contribution in [0.2, 0.25) is 10.0 Å². The number of para-hydroxylation sites is 1. The molecule has 1 aromatic heterocycles. The van der Waals surface area contributed by atoms with E-state index in [2.05, 4.69) is 5.10 Å². The van der Waals surface area contributed by atoms with Crippen molar-refractivity contribution in [3.8, 4) is 16.9 Å². The number of rotatable bonds is 5. The molecule has 1 aliphatic heterocycles. The fourth-order valence-electron chi connectivity index (χ4n) is 4.70. The van der Waals surface area contributed by atoms with E-state index in [1.165, 1.54) is 15.6 Å². The summed E-state index contributed by atoms with van der Waals surface area (Å²) in [6.07, 6.45) is -4.74. The zero-order valence-corrected chi connectivity index (χ0v) is 21.7. The molecule has 1 aliphatic rings. The third kappa shape index (κ3) is 5.37. The first-order chi connectivity index (χ1) is 18.5. The van der Waals surface area contributed by atoms with E-state index >= 15 is 0 Å². The van der Waals surface area contributed by atoms with E-state index in [0.717, 1.165) is 12.1 Å². The lowest BCUT2D eigenvalue weighted by Gasteiger charge is -2.29. The zero-order valence-electron chi connectivity index (χ0n) is 20.2. The molecule has 1 amide bonds. The van der Waals surface area contributed by atoms with E-state index in [9.17, 15) is 27.9 Å². The zero-order chi connectivity index (χ0) is 27.9. The Hall–Kier alpha value is -3.82. The summed E-state index contributed by atoms with van der Waals surface area (Å²) in [7, 11) is 0. The molecular formula is C28H20Cl2F3N3O3. The smallest absolute Gasteiger partial charge is 0.416 e. The van der Waals surface area contributed by atoms with Gasteiger partial charge in [-0.2, -0.15) is 18.3 Å². The minimum Gasteiger partial charge on any atom is -0.481 e. The number of carboxylic acid groups (broad SMARTS) is 1. The van der Waals surface area contributed by atoms with E-state index < -0.39 is 30.0 Å². The number of fused-ring (bicyclic) bond motifs is 1. The fraction of sp³-hybridized carbons (Fsp3) is 0.179. The Labute approximate surface area is 231 Å². The number of aliphatic carboxylic acids is 1. The van der Waals surface area contributed by atoms with Gasteiger partial charge in [-0.25, -0.2) is 4.68 Å². The highest BCUT2D eigenvalue weighted by Gasteiger charge is 2.34. The van der Waals surface area contributed by atoms with Crippen molar-refractivity contribution in [2.24, 2.45) is 0 Å². The topological polar surface area (TPSA) is 75.4 Å². The minimum atomic E-state index is -4.46. The number of hydrogen-bond donors (Lipinski definition) is 1. The van der Waals surface area contributed by atoms with Crippen LogP contribution in [-0.2, 0) is 30.4 Å². The summed E-state index contributed by atoms with van der Waals surface area (Å²) in [6.45, 7) is 0.211. The second kappa shape index (κ2) is 10.4. The van der Waals surface area contributed by atoms with Gasteiger partial charge in [-0.15, -0.1) is 0 Å². The predicted molar refractivity (Wildman–Crippen MR) is 140 cm³/mol. The SMILES string of the molecule is O=C(O)Cc1c(C(=O)N2CCc3cc(C(F)(F)F)ccc3C2)nn(-c2ccccc2Cl)c1-c1ccc(Cl)cc1. The first-order valence-electron chi connectivity index (χ1n) is 11.9. The summed E-state index contributed by atoms with van der Waals surface area (Å²) >= 11 is 12.5. The van der Waals surface area contributed by atoms with Crippen LogP contribution in [0.3, 0.4) is 0 Å². The maximum atomic E-state index is 13.8. The molecule has 0 fully saturated rings. The number of carbonyl (C=O) groups excluding carboxylic acids is 1. The molecule has 0 atom stereocenters. The van der Waals surface area contributed by atoms with E-state index in [0.29, 0.717) is 38.1 Å². The molecule has 6 nitrogen and oxygen atoms in total. The van der Waals surface area contributed by atoms with Crippen molar-refractivity contribution in [1.29, 1.82) is 0 Å². The lowest BCUT2D eigenvalue weighted by atomic mass is 9.96. The van der Waals surface area contributed by atoms with Gasteiger partial charge in [0.05, 0.1) is 28.4 Å². The molecule has 0 saturated heterocycles. The van der Waals surface area contributed by atoms with Gasteiger partial charge in [0.25, 0.3) is 5.91 Å². The molecule has 0 aliphatic carbocycles. The average molecular weight is 574 g/mol. The van der Waals surface area contributed by atoms with Crippen LogP contribution in [0.5, 0.6) is 0 Å². The highest BCUT2D eigenvalue weighted by molar-refractivity contribution is 6.32. The van der Waals surface area contributed by atoms with Crippen LogP contribution in [0.4, 0.5) is 13.2 Å². The molecule has 200 valence electrons. The van der Waals surface area contributed by atoms with Crippen molar-refractivity contribution in [3.05, 3.63) is 105 Å². The van der Waals surface area contributed by atoms with Gasteiger partial charge in [0, 0.05) is 29.2 Å². The maximum absolute atomic E-state index is 13.8. The van der Waals surface area contributed by atoms with Crippen LogP contribution in [0.15, 0.2) is 66.7 Å². The largest absolute Gasteiger partial charge is 0.481 e. The third-order valence-electron chi connectivity index (χ3n) is 6.55. The molecule has 11 heteroatoms. The predicted octanol–water partition coefficient (Wildman–Crippen LogP) is 6.69. The molecule has 5 rings (SSSR count). The van der Waals surface area contributed by atoms with Gasteiger partial charge >= 0.3 is 12.1 Å². The summed E-state index contributed by atoms with van der Waals surface area (Å²) in [4.78, 5) is 27.2. The Morgan fingerprint density at radius 2 is 1.69 bits per heavy atom. The molecule has 4 aromatic rings. The Morgan fingerprint density at radius 3 is 2.36 bits per heavy atom. The van der Waals surface area contributed by atoms with Crippen molar-refractivity contribution in [2.45, 2.75) is 25.6 Å². The monoisotopic (exact) mass is 573 g/mol. The summed E-state index contributed by atoms with van der Waals surface area (Å²) in [6, 6.07) is 17.0. The molecule has 3 aromatic carbocycles. The molecule has 0 saturated carbocycles. The Morgan fingerprint density at radius 1 is 0.974 bits per heavy atom. The summed E-state index contributed by atoms with van der Waals surface area (Å²) in [5.74, 6) is -1.69. The molecule has 0 spiro atoms. The highest BCUT2D eigenvalue weighted by Crippen LogP contribution is 2.35. The second-order valence-corrected chi connectivity index (χ2v) is 9.92. The standard InChI is InChI=1S/C28H20Cl2F3N3O3/c29-20-9-6-16(7-10-20)26-21(14-24(37)38)25(34-36(26)23-4-2-1-3-22(23)30)27(39)35-12-11-17-13-19(28(31,32)33)8-5-18(17)15-35/h1-10,13H,11-12,14-15H2,(H,37,38). The van der Waals surface area contributed by atoms with Crippen LogP contribution in [0.1, 0.15) is 32.7 Å². The van der Waals surface area contributed by atoms with Gasteiger partial charge in [-0.05, 0) is 53.9 Å². The molecule has 2 heterocycles. The minimum absolute atomic E-state index is 0.0635. The van der Waals surface area contributed by atoms with E-state index in [4.69, 9.17) is 23.2 Å². The van der Waals surface area contributed by atoms with Crippen LogP contribution >= 0.6 is 23.2 Å². The van der Waals surface area contributed by atoms with Crippen molar-refractivity contribution in [2.75, 3.05) is 6.54 Å². The van der Waals surface area contributed by atoms with Crippen LogP contribution < -0.4 is 0 Å². The summed E-state index contributed by atoms with van der Waals surface area (Å²) in [5.41, 5.74) is 1.87. The molecule has 39 heavy (non-hydrogen) atoms. The number of benzene rings is 3. The number of carbonyl (C=O) groups is 2. The molecule has 0 unspecified atom stereocenters. The van der Waals surface area contributed by atoms with E-state index in [1.807, 2.05) is 0 Å². The van der Waals surface area contributed by atoms with Gasteiger partial charge < -0.3 is 10.0 Å². The van der Waals surface area contributed by atoms with Gasteiger partial charge in [0.15, 0.2) is 5.69 Å². The number of amides is 1. The van der Waals surface area contributed by atoms with Crippen molar-refractivity contribution in [3.63, 3.8) is 0 Å². The first kappa shape index (κ1) is 26.8. The molecule has 0 bridgehead atoms. The lowest BCUT2D eigenvalue weighted by Crippen LogP contribution is -2.37.